The number of esters is 1. The fourth-order valence-corrected chi connectivity index (χ4v) is 2.63. The molecule has 5 nitrogen and oxygen atoms in total. The average molecular weight is 368 g/mol. The Labute approximate surface area is 149 Å². The standard InChI is InChI=1S/C17H15Cl2NO4/c1-10-5-3-4-6-14(10)20-15(21)9-24-17(22)11-7-12(18)16(23-2)13(19)8-11/h3-8H,9H2,1-2H3,(H,20,21). The van der Waals surface area contributed by atoms with Crippen molar-refractivity contribution in [2.45, 2.75) is 6.92 Å². The summed E-state index contributed by atoms with van der Waals surface area (Å²) >= 11 is 11.9. The fraction of sp³-hybridized carbons (Fsp3) is 0.176. The number of carbonyl (C=O) groups is 2. The molecule has 0 aliphatic carbocycles. The van der Waals surface area contributed by atoms with E-state index < -0.39 is 18.5 Å². The topological polar surface area (TPSA) is 64.6 Å². The molecule has 0 aromatic heterocycles. The summed E-state index contributed by atoms with van der Waals surface area (Å²) in [5, 5.41) is 3.03. The van der Waals surface area contributed by atoms with Gasteiger partial charge in [0.1, 0.15) is 0 Å². The van der Waals surface area contributed by atoms with E-state index in [1.807, 2.05) is 19.1 Å². The van der Waals surface area contributed by atoms with Crippen LogP contribution in [0, 0.1) is 6.92 Å². The average Bonchev–Trinajstić information content (AvgIpc) is 2.54. The van der Waals surface area contributed by atoms with Gasteiger partial charge < -0.3 is 14.8 Å². The molecule has 0 spiro atoms. The number of amides is 1. The highest BCUT2D eigenvalue weighted by Gasteiger charge is 2.16. The number of anilines is 1. The Balaban J connectivity index is 1.98. The number of methoxy groups -OCH3 is 1. The predicted octanol–water partition coefficient (Wildman–Crippen LogP) is 4.11. The number of hydrogen-bond donors (Lipinski definition) is 1. The second kappa shape index (κ2) is 8.04. The molecule has 7 heteroatoms. The van der Waals surface area contributed by atoms with Crippen LogP contribution in [-0.2, 0) is 9.53 Å². The van der Waals surface area contributed by atoms with E-state index in [-0.39, 0.29) is 21.4 Å². The molecule has 0 atom stereocenters. The lowest BCUT2D eigenvalue weighted by Gasteiger charge is -2.10. The Bertz CT molecular complexity index is 754. The summed E-state index contributed by atoms with van der Waals surface area (Å²) < 4.78 is 9.98. The largest absolute Gasteiger partial charge is 0.494 e. The van der Waals surface area contributed by atoms with Gasteiger partial charge in [0.25, 0.3) is 5.91 Å². The Hall–Kier alpha value is -2.24. The lowest BCUT2D eigenvalue weighted by atomic mass is 10.2. The van der Waals surface area contributed by atoms with Crippen molar-refractivity contribution >= 4 is 40.8 Å². The highest BCUT2D eigenvalue weighted by atomic mass is 35.5. The first-order valence-corrected chi connectivity index (χ1v) is 7.73. The van der Waals surface area contributed by atoms with Crippen molar-refractivity contribution < 1.29 is 19.1 Å². The molecule has 2 rings (SSSR count). The third-order valence-electron chi connectivity index (χ3n) is 3.19. The molecule has 0 fully saturated rings. The van der Waals surface area contributed by atoms with Crippen LogP contribution in [-0.4, -0.2) is 25.6 Å². The molecule has 0 aliphatic heterocycles. The van der Waals surface area contributed by atoms with Gasteiger partial charge in [0.05, 0.1) is 22.7 Å². The van der Waals surface area contributed by atoms with Crippen LogP contribution in [0.4, 0.5) is 5.69 Å². The smallest absolute Gasteiger partial charge is 0.338 e. The minimum absolute atomic E-state index is 0.134. The number of rotatable bonds is 5. The van der Waals surface area contributed by atoms with E-state index >= 15 is 0 Å². The number of nitrogens with one attached hydrogen (secondary N) is 1. The SMILES string of the molecule is COc1c(Cl)cc(C(=O)OCC(=O)Nc2ccccc2C)cc1Cl. The minimum Gasteiger partial charge on any atom is -0.494 e. The number of ether oxygens (including phenoxy) is 2. The van der Waals surface area contributed by atoms with E-state index in [9.17, 15) is 9.59 Å². The molecule has 0 aliphatic rings. The van der Waals surface area contributed by atoms with E-state index in [4.69, 9.17) is 32.7 Å². The second-order valence-electron chi connectivity index (χ2n) is 4.91. The molecule has 0 radical (unpaired) electrons. The van der Waals surface area contributed by atoms with Gasteiger partial charge in [-0.05, 0) is 30.7 Å². The normalized spacial score (nSPS) is 10.2. The molecule has 2 aromatic carbocycles. The zero-order chi connectivity index (χ0) is 17.7. The molecule has 126 valence electrons. The number of carbonyl (C=O) groups excluding carboxylic acids is 2. The van der Waals surface area contributed by atoms with Crippen LogP contribution in [0.25, 0.3) is 0 Å². The van der Waals surface area contributed by atoms with Crippen molar-refractivity contribution in [3.63, 3.8) is 0 Å². The van der Waals surface area contributed by atoms with Crippen LogP contribution in [0.15, 0.2) is 36.4 Å². The van der Waals surface area contributed by atoms with Crippen molar-refractivity contribution in [2.75, 3.05) is 19.0 Å². The Morgan fingerprint density at radius 1 is 1.12 bits per heavy atom. The maximum absolute atomic E-state index is 12.0. The van der Waals surface area contributed by atoms with Gasteiger partial charge in [-0.25, -0.2) is 4.79 Å². The van der Waals surface area contributed by atoms with Crippen LogP contribution in [0.5, 0.6) is 5.75 Å². The van der Waals surface area contributed by atoms with Gasteiger partial charge in [-0.2, -0.15) is 0 Å². The Morgan fingerprint density at radius 3 is 2.33 bits per heavy atom. The lowest BCUT2D eigenvalue weighted by molar-refractivity contribution is -0.119. The highest BCUT2D eigenvalue weighted by molar-refractivity contribution is 6.37. The third-order valence-corrected chi connectivity index (χ3v) is 3.75. The highest BCUT2D eigenvalue weighted by Crippen LogP contribution is 2.33. The number of hydrogen-bond acceptors (Lipinski definition) is 4. The van der Waals surface area contributed by atoms with Gasteiger partial charge in [-0.3, -0.25) is 4.79 Å². The summed E-state index contributed by atoms with van der Waals surface area (Å²) in [5.41, 5.74) is 1.70. The first-order valence-electron chi connectivity index (χ1n) is 6.98. The van der Waals surface area contributed by atoms with Crippen molar-refractivity contribution in [3.05, 3.63) is 57.6 Å². The number of para-hydroxylation sites is 1. The summed E-state index contributed by atoms with van der Waals surface area (Å²) in [6.45, 7) is 1.44. The zero-order valence-corrected chi connectivity index (χ0v) is 14.6. The molecule has 0 saturated carbocycles. The molecule has 0 saturated heterocycles. The van der Waals surface area contributed by atoms with E-state index in [1.165, 1.54) is 19.2 Å². The summed E-state index contributed by atoms with van der Waals surface area (Å²) in [6, 6.07) is 10.0. The summed E-state index contributed by atoms with van der Waals surface area (Å²) in [6.07, 6.45) is 0. The first-order chi connectivity index (χ1) is 11.4. The second-order valence-corrected chi connectivity index (χ2v) is 5.73. The number of benzene rings is 2. The minimum atomic E-state index is -0.707. The lowest BCUT2D eigenvalue weighted by Crippen LogP contribution is -2.21. The van der Waals surface area contributed by atoms with Gasteiger partial charge in [0.2, 0.25) is 0 Å². The van der Waals surface area contributed by atoms with E-state index in [2.05, 4.69) is 5.32 Å². The van der Waals surface area contributed by atoms with Crippen LogP contribution in [0.1, 0.15) is 15.9 Å². The number of halogens is 2. The van der Waals surface area contributed by atoms with Gasteiger partial charge >= 0.3 is 5.97 Å². The van der Waals surface area contributed by atoms with Crippen LogP contribution < -0.4 is 10.1 Å². The molecule has 1 N–H and O–H groups in total. The molecule has 0 heterocycles. The predicted molar refractivity (Wildman–Crippen MR) is 93.1 cm³/mol. The van der Waals surface area contributed by atoms with Crippen molar-refractivity contribution in [1.82, 2.24) is 0 Å². The van der Waals surface area contributed by atoms with Crippen molar-refractivity contribution in [1.29, 1.82) is 0 Å². The van der Waals surface area contributed by atoms with Crippen LogP contribution >= 0.6 is 23.2 Å². The van der Waals surface area contributed by atoms with Gasteiger partial charge in [-0.1, -0.05) is 41.4 Å². The Kier molecular flexibility index (Phi) is 6.06. The Morgan fingerprint density at radius 2 is 1.75 bits per heavy atom. The molecular formula is C17H15Cl2NO4. The van der Waals surface area contributed by atoms with E-state index in [1.54, 1.807) is 12.1 Å². The summed E-state index contributed by atoms with van der Waals surface area (Å²) in [4.78, 5) is 23.9. The van der Waals surface area contributed by atoms with Gasteiger partial charge in [0.15, 0.2) is 12.4 Å². The monoisotopic (exact) mass is 367 g/mol. The quantitative estimate of drug-likeness (QED) is 0.807. The van der Waals surface area contributed by atoms with Crippen LogP contribution in [0.2, 0.25) is 10.0 Å². The molecule has 24 heavy (non-hydrogen) atoms. The molecule has 0 bridgehead atoms. The molecular weight excluding hydrogens is 353 g/mol. The summed E-state index contributed by atoms with van der Waals surface area (Å²) in [7, 11) is 1.42. The van der Waals surface area contributed by atoms with Crippen molar-refractivity contribution in [2.24, 2.45) is 0 Å². The molecule has 0 unspecified atom stereocenters. The van der Waals surface area contributed by atoms with Gasteiger partial charge in [0, 0.05) is 5.69 Å². The zero-order valence-electron chi connectivity index (χ0n) is 13.1. The first kappa shape index (κ1) is 18.1. The maximum atomic E-state index is 12.0. The summed E-state index contributed by atoms with van der Waals surface area (Å²) in [5.74, 6) is -0.878. The fourth-order valence-electron chi connectivity index (χ4n) is 1.99. The van der Waals surface area contributed by atoms with E-state index in [0.29, 0.717) is 5.69 Å². The van der Waals surface area contributed by atoms with Gasteiger partial charge in [-0.15, -0.1) is 0 Å². The number of aryl methyl sites for hydroxylation is 1. The molecule has 1 amide bonds. The van der Waals surface area contributed by atoms with Crippen molar-refractivity contribution in [3.8, 4) is 5.75 Å². The maximum Gasteiger partial charge on any atom is 0.338 e. The molecule has 2 aromatic rings. The van der Waals surface area contributed by atoms with E-state index in [0.717, 1.165) is 5.56 Å². The third kappa shape index (κ3) is 4.40. The van der Waals surface area contributed by atoms with Crippen LogP contribution in [0.3, 0.4) is 0 Å².